The van der Waals surface area contributed by atoms with E-state index in [1.54, 1.807) is 11.3 Å². The van der Waals surface area contributed by atoms with Gasteiger partial charge in [-0.05, 0) is 31.5 Å². The van der Waals surface area contributed by atoms with Crippen LogP contribution in [0.5, 0.6) is 0 Å². The van der Waals surface area contributed by atoms with Crippen molar-refractivity contribution in [2.45, 2.75) is 26.8 Å². The Morgan fingerprint density at radius 1 is 1.29 bits per heavy atom. The first kappa shape index (κ1) is 12.3. The lowest BCUT2D eigenvalue weighted by Crippen LogP contribution is -2.22. The topological polar surface area (TPSA) is 24.9 Å². The van der Waals surface area contributed by atoms with Crippen LogP contribution in [-0.4, -0.2) is 11.5 Å². The number of nitrogens with one attached hydrogen (secondary N) is 1. The first-order chi connectivity index (χ1) is 8.24. The summed E-state index contributed by atoms with van der Waals surface area (Å²) >= 11 is 1.73. The Balaban J connectivity index is 2.43. The van der Waals surface area contributed by atoms with Crippen LogP contribution in [0.1, 0.15) is 34.7 Å². The third kappa shape index (κ3) is 2.56. The van der Waals surface area contributed by atoms with Gasteiger partial charge in [0.25, 0.3) is 0 Å². The van der Waals surface area contributed by atoms with Crippen LogP contribution in [0.2, 0.25) is 0 Å². The van der Waals surface area contributed by atoms with Crippen molar-refractivity contribution in [2.75, 3.05) is 6.54 Å². The van der Waals surface area contributed by atoms with Gasteiger partial charge < -0.3 is 5.32 Å². The van der Waals surface area contributed by atoms with Crippen molar-refractivity contribution in [1.82, 2.24) is 10.3 Å². The summed E-state index contributed by atoms with van der Waals surface area (Å²) in [6.45, 7) is 7.34. The molecule has 1 N–H and O–H groups in total. The fourth-order valence-corrected chi connectivity index (χ4v) is 2.94. The van der Waals surface area contributed by atoms with E-state index in [2.05, 4.69) is 55.3 Å². The molecule has 0 aliphatic carbocycles. The van der Waals surface area contributed by atoms with Crippen LogP contribution < -0.4 is 5.32 Å². The summed E-state index contributed by atoms with van der Waals surface area (Å²) in [5.41, 5.74) is 5.73. The maximum absolute atomic E-state index is 4.35. The van der Waals surface area contributed by atoms with Crippen LogP contribution >= 0.6 is 11.3 Å². The van der Waals surface area contributed by atoms with E-state index in [0.29, 0.717) is 0 Å². The van der Waals surface area contributed by atoms with Gasteiger partial charge in [0.15, 0.2) is 0 Å². The van der Waals surface area contributed by atoms with Crippen molar-refractivity contribution in [2.24, 2.45) is 0 Å². The SMILES string of the molecule is CCNC(c1ccccc1C)c1scnc1C. The molecule has 1 aromatic heterocycles. The van der Waals surface area contributed by atoms with Gasteiger partial charge in [0.2, 0.25) is 0 Å². The molecular weight excluding hydrogens is 228 g/mol. The normalized spacial score (nSPS) is 12.6. The maximum atomic E-state index is 4.35. The summed E-state index contributed by atoms with van der Waals surface area (Å²) in [6, 6.07) is 8.82. The van der Waals surface area contributed by atoms with Gasteiger partial charge in [-0.3, -0.25) is 0 Å². The highest BCUT2D eigenvalue weighted by Crippen LogP contribution is 2.29. The Hall–Kier alpha value is -1.19. The number of hydrogen-bond acceptors (Lipinski definition) is 3. The lowest BCUT2D eigenvalue weighted by Gasteiger charge is -2.19. The van der Waals surface area contributed by atoms with E-state index in [4.69, 9.17) is 0 Å². The predicted molar refractivity (Wildman–Crippen MR) is 73.5 cm³/mol. The summed E-state index contributed by atoms with van der Waals surface area (Å²) in [6.07, 6.45) is 0. The zero-order valence-electron chi connectivity index (χ0n) is 10.5. The summed E-state index contributed by atoms with van der Waals surface area (Å²) in [5.74, 6) is 0. The second kappa shape index (κ2) is 5.43. The molecule has 0 bridgehead atoms. The fourth-order valence-electron chi connectivity index (χ4n) is 2.05. The highest BCUT2D eigenvalue weighted by Gasteiger charge is 2.18. The molecule has 0 saturated heterocycles. The van der Waals surface area contributed by atoms with Crippen LogP contribution in [0.3, 0.4) is 0 Å². The molecular formula is C14H18N2S. The Bertz CT molecular complexity index is 490. The quantitative estimate of drug-likeness (QED) is 0.893. The molecule has 1 aromatic carbocycles. The van der Waals surface area contributed by atoms with Crippen LogP contribution in [0.15, 0.2) is 29.8 Å². The second-order valence-electron chi connectivity index (χ2n) is 4.15. The first-order valence-corrected chi connectivity index (χ1v) is 6.81. The zero-order chi connectivity index (χ0) is 12.3. The summed E-state index contributed by atoms with van der Waals surface area (Å²) in [7, 11) is 0. The molecule has 3 heteroatoms. The molecule has 0 radical (unpaired) electrons. The van der Waals surface area contributed by atoms with E-state index in [1.807, 2.05) is 5.51 Å². The lowest BCUT2D eigenvalue weighted by molar-refractivity contribution is 0.632. The molecule has 2 nitrogen and oxygen atoms in total. The van der Waals surface area contributed by atoms with Crippen molar-refractivity contribution < 1.29 is 0 Å². The van der Waals surface area contributed by atoms with E-state index in [0.717, 1.165) is 12.2 Å². The number of aryl methyl sites for hydroxylation is 2. The highest BCUT2D eigenvalue weighted by molar-refractivity contribution is 7.09. The molecule has 0 fully saturated rings. The van der Waals surface area contributed by atoms with Crippen molar-refractivity contribution >= 4 is 11.3 Å². The number of rotatable bonds is 4. The van der Waals surface area contributed by atoms with Crippen LogP contribution in [0.4, 0.5) is 0 Å². The number of nitrogens with zero attached hydrogens (tertiary/aromatic N) is 1. The highest BCUT2D eigenvalue weighted by atomic mass is 32.1. The molecule has 1 atom stereocenters. The van der Waals surface area contributed by atoms with E-state index in [1.165, 1.54) is 16.0 Å². The third-order valence-electron chi connectivity index (χ3n) is 2.95. The molecule has 0 aliphatic heterocycles. The minimum absolute atomic E-state index is 0.272. The standard InChI is InChI=1S/C14H18N2S/c1-4-15-13(14-11(3)16-9-17-14)12-8-6-5-7-10(12)2/h5-9,13,15H,4H2,1-3H3. The smallest absolute Gasteiger partial charge is 0.0798 e. The van der Waals surface area contributed by atoms with Crippen molar-refractivity contribution in [1.29, 1.82) is 0 Å². The minimum atomic E-state index is 0.272. The van der Waals surface area contributed by atoms with Gasteiger partial charge in [0.05, 0.1) is 17.2 Å². The number of benzene rings is 1. The molecule has 0 saturated carbocycles. The Morgan fingerprint density at radius 2 is 2.06 bits per heavy atom. The van der Waals surface area contributed by atoms with Gasteiger partial charge in [-0.15, -0.1) is 11.3 Å². The Kier molecular flexibility index (Phi) is 3.92. The lowest BCUT2D eigenvalue weighted by atomic mass is 9.99. The largest absolute Gasteiger partial charge is 0.306 e. The summed E-state index contributed by atoms with van der Waals surface area (Å²) in [4.78, 5) is 5.67. The molecule has 0 spiro atoms. The van der Waals surface area contributed by atoms with Crippen LogP contribution in [-0.2, 0) is 0 Å². The molecule has 0 aliphatic rings. The minimum Gasteiger partial charge on any atom is -0.306 e. The van der Waals surface area contributed by atoms with E-state index in [9.17, 15) is 0 Å². The third-order valence-corrected chi connectivity index (χ3v) is 3.95. The summed E-state index contributed by atoms with van der Waals surface area (Å²) in [5, 5.41) is 3.55. The Labute approximate surface area is 107 Å². The van der Waals surface area contributed by atoms with Crippen molar-refractivity contribution in [3.8, 4) is 0 Å². The summed E-state index contributed by atoms with van der Waals surface area (Å²) < 4.78 is 0. The average Bonchev–Trinajstić information content (AvgIpc) is 2.74. The fraction of sp³-hybridized carbons (Fsp3) is 0.357. The monoisotopic (exact) mass is 246 g/mol. The van der Waals surface area contributed by atoms with Gasteiger partial charge in [-0.2, -0.15) is 0 Å². The average molecular weight is 246 g/mol. The van der Waals surface area contributed by atoms with Crippen molar-refractivity contribution in [3.63, 3.8) is 0 Å². The van der Waals surface area contributed by atoms with Gasteiger partial charge in [0.1, 0.15) is 0 Å². The van der Waals surface area contributed by atoms with Gasteiger partial charge in [-0.25, -0.2) is 4.98 Å². The molecule has 2 rings (SSSR count). The molecule has 90 valence electrons. The number of aromatic nitrogens is 1. The van der Waals surface area contributed by atoms with Crippen molar-refractivity contribution in [3.05, 3.63) is 51.5 Å². The second-order valence-corrected chi connectivity index (χ2v) is 5.04. The zero-order valence-corrected chi connectivity index (χ0v) is 11.3. The molecule has 2 aromatic rings. The number of hydrogen-bond donors (Lipinski definition) is 1. The number of thiazole rings is 1. The molecule has 1 heterocycles. The van der Waals surface area contributed by atoms with Crippen LogP contribution in [0.25, 0.3) is 0 Å². The molecule has 17 heavy (non-hydrogen) atoms. The van der Waals surface area contributed by atoms with Crippen LogP contribution in [0, 0.1) is 13.8 Å². The predicted octanol–water partition coefficient (Wildman–Crippen LogP) is 3.46. The molecule has 0 amide bonds. The van der Waals surface area contributed by atoms with E-state index in [-0.39, 0.29) is 6.04 Å². The first-order valence-electron chi connectivity index (χ1n) is 5.93. The van der Waals surface area contributed by atoms with Gasteiger partial charge in [0, 0.05) is 4.88 Å². The maximum Gasteiger partial charge on any atom is 0.0798 e. The van der Waals surface area contributed by atoms with E-state index >= 15 is 0 Å². The van der Waals surface area contributed by atoms with E-state index < -0.39 is 0 Å². The van der Waals surface area contributed by atoms with Gasteiger partial charge >= 0.3 is 0 Å². The Morgan fingerprint density at radius 3 is 2.65 bits per heavy atom. The molecule has 1 unspecified atom stereocenters. The van der Waals surface area contributed by atoms with Gasteiger partial charge in [-0.1, -0.05) is 31.2 Å².